The molecular weight excluding hydrogens is 378 g/mol. The molecule has 4 aromatic rings. The van der Waals surface area contributed by atoms with Crippen molar-refractivity contribution in [2.75, 3.05) is 13.2 Å². The second-order valence-corrected chi connectivity index (χ2v) is 6.92. The molecule has 5 heteroatoms. The van der Waals surface area contributed by atoms with Gasteiger partial charge in [-0.15, -0.1) is 0 Å². The van der Waals surface area contributed by atoms with E-state index in [0.717, 1.165) is 27.5 Å². The van der Waals surface area contributed by atoms with Crippen LogP contribution in [0.2, 0.25) is 0 Å². The quantitative estimate of drug-likeness (QED) is 0.425. The van der Waals surface area contributed by atoms with Gasteiger partial charge in [0.25, 0.3) is 0 Å². The van der Waals surface area contributed by atoms with Crippen LogP contribution in [0.25, 0.3) is 16.4 Å². The van der Waals surface area contributed by atoms with E-state index in [4.69, 9.17) is 9.47 Å². The van der Waals surface area contributed by atoms with Crippen LogP contribution in [0.4, 0.5) is 0 Å². The standard InChI is InChI=1S/C25H23NO4/c1-3-29-24(27)22-19(16-17-10-6-5-7-11-17)21-15-14-18-12-8-9-13-20(18)26(21)23(22)25(28)30-4-2/h5-15H,3-4,16H2,1-2H3. The molecule has 2 aromatic carbocycles. The van der Waals surface area contributed by atoms with Gasteiger partial charge in [0.15, 0.2) is 0 Å². The van der Waals surface area contributed by atoms with Crippen molar-refractivity contribution in [2.24, 2.45) is 0 Å². The van der Waals surface area contributed by atoms with E-state index in [-0.39, 0.29) is 24.5 Å². The number of nitrogens with zero attached hydrogens (tertiary/aromatic N) is 1. The molecule has 0 N–H and O–H groups in total. The van der Waals surface area contributed by atoms with Gasteiger partial charge >= 0.3 is 11.9 Å². The van der Waals surface area contributed by atoms with Crippen LogP contribution < -0.4 is 0 Å². The van der Waals surface area contributed by atoms with Crippen molar-refractivity contribution >= 4 is 28.4 Å². The lowest BCUT2D eigenvalue weighted by Gasteiger charge is -2.08. The average molecular weight is 401 g/mol. The lowest BCUT2D eigenvalue weighted by Crippen LogP contribution is -2.16. The van der Waals surface area contributed by atoms with E-state index in [9.17, 15) is 9.59 Å². The van der Waals surface area contributed by atoms with Gasteiger partial charge in [0.1, 0.15) is 5.69 Å². The number of carbonyl (C=O) groups is 2. The first-order valence-electron chi connectivity index (χ1n) is 10.1. The van der Waals surface area contributed by atoms with E-state index in [1.54, 1.807) is 13.8 Å². The lowest BCUT2D eigenvalue weighted by molar-refractivity contribution is 0.0473. The summed E-state index contributed by atoms with van der Waals surface area (Å²) >= 11 is 0. The molecule has 5 nitrogen and oxygen atoms in total. The molecule has 0 radical (unpaired) electrons. The highest BCUT2D eigenvalue weighted by atomic mass is 16.5. The molecule has 0 spiro atoms. The highest BCUT2D eigenvalue weighted by molar-refractivity contribution is 6.07. The highest BCUT2D eigenvalue weighted by Gasteiger charge is 2.30. The Hall–Kier alpha value is -3.60. The van der Waals surface area contributed by atoms with Crippen LogP contribution in [0, 0.1) is 0 Å². The van der Waals surface area contributed by atoms with Gasteiger partial charge < -0.3 is 13.9 Å². The molecule has 0 bridgehead atoms. The molecule has 0 atom stereocenters. The summed E-state index contributed by atoms with van der Waals surface area (Å²) in [6, 6.07) is 21.6. The highest BCUT2D eigenvalue weighted by Crippen LogP contribution is 2.31. The molecule has 0 unspecified atom stereocenters. The van der Waals surface area contributed by atoms with Gasteiger partial charge in [-0.2, -0.15) is 0 Å². The summed E-state index contributed by atoms with van der Waals surface area (Å²) in [5.74, 6) is -1.05. The van der Waals surface area contributed by atoms with E-state index in [1.165, 1.54) is 0 Å². The molecule has 2 aromatic heterocycles. The van der Waals surface area contributed by atoms with Crippen LogP contribution in [0.1, 0.15) is 45.8 Å². The minimum absolute atomic E-state index is 0.215. The van der Waals surface area contributed by atoms with Crippen LogP contribution in [-0.2, 0) is 15.9 Å². The van der Waals surface area contributed by atoms with Crippen molar-refractivity contribution in [3.05, 3.63) is 89.1 Å². The molecule has 30 heavy (non-hydrogen) atoms. The molecule has 0 aliphatic heterocycles. The Morgan fingerprint density at radius 3 is 2.17 bits per heavy atom. The summed E-state index contributed by atoms with van der Waals surface area (Å²) in [7, 11) is 0. The van der Waals surface area contributed by atoms with Crippen LogP contribution in [0.5, 0.6) is 0 Å². The van der Waals surface area contributed by atoms with Gasteiger partial charge in [-0.25, -0.2) is 9.59 Å². The number of benzene rings is 2. The molecule has 0 fully saturated rings. The number of para-hydroxylation sites is 1. The van der Waals surface area contributed by atoms with E-state index in [0.29, 0.717) is 6.42 Å². The smallest absolute Gasteiger partial charge is 0.356 e. The molecule has 0 amide bonds. The first kappa shape index (κ1) is 19.7. The largest absolute Gasteiger partial charge is 0.462 e. The van der Waals surface area contributed by atoms with Crippen molar-refractivity contribution in [1.82, 2.24) is 4.40 Å². The van der Waals surface area contributed by atoms with Gasteiger partial charge in [-0.05, 0) is 42.5 Å². The second kappa shape index (κ2) is 8.41. The number of hydrogen-bond donors (Lipinski definition) is 0. The third-order valence-electron chi connectivity index (χ3n) is 5.08. The Labute approximate surface area is 174 Å². The molecule has 0 aliphatic rings. The Bertz CT molecular complexity index is 1220. The predicted octanol–water partition coefficient (Wildman–Crippen LogP) is 5.04. The fourth-order valence-corrected chi connectivity index (χ4v) is 3.86. The zero-order chi connectivity index (χ0) is 21.1. The number of esters is 2. The number of aromatic nitrogens is 1. The zero-order valence-electron chi connectivity index (χ0n) is 17.1. The fraction of sp³-hybridized carbons (Fsp3) is 0.200. The fourth-order valence-electron chi connectivity index (χ4n) is 3.86. The minimum Gasteiger partial charge on any atom is -0.462 e. The molecule has 0 aliphatic carbocycles. The molecule has 4 rings (SSSR count). The van der Waals surface area contributed by atoms with Gasteiger partial charge in [0.05, 0.1) is 29.8 Å². The summed E-state index contributed by atoms with van der Waals surface area (Å²) in [5.41, 5.74) is 3.92. The number of fused-ring (bicyclic) bond motifs is 3. The maximum Gasteiger partial charge on any atom is 0.356 e. The van der Waals surface area contributed by atoms with Crippen molar-refractivity contribution < 1.29 is 19.1 Å². The van der Waals surface area contributed by atoms with Crippen molar-refractivity contribution in [1.29, 1.82) is 0 Å². The molecule has 152 valence electrons. The second-order valence-electron chi connectivity index (χ2n) is 6.92. The van der Waals surface area contributed by atoms with Crippen LogP contribution in [0.15, 0.2) is 66.7 Å². The number of ether oxygens (including phenoxy) is 2. The topological polar surface area (TPSA) is 57.0 Å². The van der Waals surface area contributed by atoms with Gasteiger partial charge in [0, 0.05) is 6.42 Å². The Balaban J connectivity index is 2.09. The van der Waals surface area contributed by atoms with E-state index < -0.39 is 11.9 Å². The van der Waals surface area contributed by atoms with E-state index in [1.807, 2.05) is 71.1 Å². The first-order valence-corrected chi connectivity index (χ1v) is 10.1. The maximum absolute atomic E-state index is 13.0. The summed E-state index contributed by atoms with van der Waals surface area (Å²) in [4.78, 5) is 26.1. The number of pyridine rings is 1. The maximum atomic E-state index is 13.0. The summed E-state index contributed by atoms with van der Waals surface area (Å²) in [5, 5.41) is 0.965. The lowest BCUT2D eigenvalue weighted by atomic mass is 10.0. The van der Waals surface area contributed by atoms with Gasteiger partial charge in [-0.3, -0.25) is 0 Å². The Kier molecular flexibility index (Phi) is 5.53. The normalized spacial score (nSPS) is 11.0. The minimum atomic E-state index is -0.536. The SMILES string of the molecule is CCOC(=O)c1c(Cc2ccccc2)c2ccc3ccccc3n2c1C(=O)OCC. The van der Waals surface area contributed by atoms with Crippen LogP contribution >= 0.6 is 0 Å². The Morgan fingerprint density at radius 2 is 1.43 bits per heavy atom. The average Bonchev–Trinajstić information content (AvgIpc) is 3.09. The Morgan fingerprint density at radius 1 is 0.767 bits per heavy atom. The summed E-state index contributed by atoms with van der Waals surface area (Å²) < 4.78 is 12.5. The van der Waals surface area contributed by atoms with E-state index in [2.05, 4.69) is 0 Å². The number of carbonyl (C=O) groups excluding carboxylic acids is 2. The third-order valence-corrected chi connectivity index (χ3v) is 5.08. The molecule has 2 heterocycles. The predicted molar refractivity (Wildman–Crippen MR) is 116 cm³/mol. The van der Waals surface area contributed by atoms with Crippen LogP contribution in [0.3, 0.4) is 0 Å². The van der Waals surface area contributed by atoms with Crippen LogP contribution in [-0.4, -0.2) is 29.6 Å². The zero-order valence-corrected chi connectivity index (χ0v) is 17.1. The van der Waals surface area contributed by atoms with E-state index >= 15 is 0 Å². The summed E-state index contributed by atoms with van der Waals surface area (Å²) in [6.45, 7) is 3.94. The molecule has 0 saturated carbocycles. The monoisotopic (exact) mass is 401 g/mol. The van der Waals surface area contributed by atoms with Gasteiger partial charge in [0.2, 0.25) is 0 Å². The summed E-state index contributed by atoms with van der Waals surface area (Å²) in [6.07, 6.45) is 0.496. The molecular formula is C25H23NO4. The number of rotatable bonds is 6. The van der Waals surface area contributed by atoms with Crippen molar-refractivity contribution in [2.45, 2.75) is 20.3 Å². The third kappa shape index (κ3) is 3.43. The molecule has 0 saturated heterocycles. The van der Waals surface area contributed by atoms with Crippen molar-refractivity contribution in [3.63, 3.8) is 0 Å². The number of hydrogen-bond acceptors (Lipinski definition) is 4. The first-order chi connectivity index (χ1) is 14.7. The van der Waals surface area contributed by atoms with Crippen molar-refractivity contribution in [3.8, 4) is 0 Å². The van der Waals surface area contributed by atoms with Gasteiger partial charge in [-0.1, -0.05) is 54.6 Å².